The molecule has 0 aromatic heterocycles. The van der Waals surface area contributed by atoms with Gasteiger partial charge < -0.3 is 24.6 Å². The fourth-order valence-electron chi connectivity index (χ4n) is 2.35. The van der Waals surface area contributed by atoms with Crippen LogP contribution in [0.15, 0.2) is 30.4 Å². The van der Waals surface area contributed by atoms with Crippen LogP contribution in [-0.2, 0) is 20.9 Å². The van der Waals surface area contributed by atoms with E-state index in [-0.39, 0.29) is 17.4 Å². The predicted molar refractivity (Wildman–Crippen MR) is 107 cm³/mol. The molecule has 0 bridgehead atoms. The maximum Gasteiger partial charge on any atom is 0.514 e. The summed E-state index contributed by atoms with van der Waals surface area (Å²) in [5, 5.41) is 11.3. The summed E-state index contributed by atoms with van der Waals surface area (Å²) in [5.41, 5.74) is 0.765. The number of carbonyl (C=O) groups is 3. The van der Waals surface area contributed by atoms with Crippen molar-refractivity contribution in [3.8, 4) is 11.5 Å². The van der Waals surface area contributed by atoms with Crippen molar-refractivity contribution in [3.05, 3.63) is 35.9 Å². The normalized spacial score (nSPS) is 10.8. The van der Waals surface area contributed by atoms with Crippen molar-refractivity contribution in [1.29, 1.82) is 0 Å². The van der Waals surface area contributed by atoms with Crippen LogP contribution in [0.4, 0.5) is 4.79 Å². The van der Waals surface area contributed by atoms with Gasteiger partial charge in [-0.3, -0.25) is 4.79 Å². The van der Waals surface area contributed by atoms with Gasteiger partial charge in [0.2, 0.25) is 5.91 Å². The summed E-state index contributed by atoms with van der Waals surface area (Å²) in [5.74, 6) is -0.419. The quantitative estimate of drug-likeness (QED) is 0.235. The van der Waals surface area contributed by atoms with Gasteiger partial charge in [-0.15, -0.1) is 0 Å². The second-order valence-corrected chi connectivity index (χ2v) is 6.71. The summed E-state index contributed by atoms with van der Waals surface area (Å²) < 4.78 is 14.5. The molecule has 0 saturated carbocycles. The van der Waals surface area contributed by atoms with Gasteiger partial charge in [-0.05, 0) is 42.9 Å². The van der Waals surface area contributed by atoms with Crippen molar-refractivity contribution in [2.24, 2.45) is 5.92 Å². The molecule has 0 spiro atoms. The molecule has 0 radical (unpaired) electrons. The van der Waals surface area contributed by atoms with Gasteiger partial charge >= 0.3 is 12.1 Å². The van der Waals surface area contributed by atoms with Crippen molar-refractivity contribution in [2.45, 2.75) is 46.1 Å². The lowest BCUT2D eigenvalue weighted by Gasteiger charge is -2.11. The third kappa shape index (κ3) is 10.8. The Labute approximate surface area is 170 Å². The van der Waals surface area contributed by atoms with Gasteiger partial charge in [0.25, 0.3) is 0 Å². The second kappa shape index (κ2) is 13.2. The first-order valence-electron chi connectivity index (χ1n) is 9.48. The maximum atomic E-state index is 12.0. The van der Waals surface area contributed by atoms with Crippen LogP contribution in [-0.4, -0.2) is 36.9 Å². The zero-order chi connectivity index (χ0) is 21.6. The third-order valence-electron chi connectivity index (χ3n) is 3.77. The smallest absolute Gasteiger partial charge is 0.493 e. The highest BCUT2D eigenvalue weighted by molar-refractivity contribution is 5.76. The Bertz CT molecular complexity index is 713. The molecule has 0 aliphatic rings. The number of carboxylic acid groups (broad SMARTS) is 1. The maximum absolute atomic E-state index is 12.0. The first-order chi connectivity index (χ1) is 13.8. The Morgan fingerprint density at radius 1 is 1.17 bits per heavy atom. The number of amides is 1. The molecule has 29 heavy (non-hydrogen) atoms. The number of aliphatic carboxylic acids is 1. The summed E-state index contributed by atoms with van der Waals surface area (Å²) in [6, 6.07) is 4.78. The fraction of sp³-hybridized carbons (Fsp3) is 0.476. The van der Waals surface area contributed by atoms with Gasteiger partial charge in [0.1, 0.15) is 0 Å². The van der Waals surface area contributed by atoms with Crippen molar-refractivity contribution < 1.29 is 33.7 Å². The van der Waals surface area contributed by atoms with E-state index >= 15 is 0 Å². The average Bonchev–Trinajstić information content (AvgIpc) is 2.67. The Morgan fingerprint density at radius 3 is 2.59 bits per heavy atom. The number of nitrogens with one attached hydrogen (secondary N) is 1. The Morgan fingerprint density at radius 2 is 1.93 bits per heavy atom. The number of benzene rings is 1. The molecule has 0 fully saturated rings. The van der Waals surface area contributed by atoms with E-state index in [1.807, 2.05) is 0 Å². The van der Waals surface area contributed by atoms with E-state index in [4.69, 9.17) is 14.6 Å². The van der Waals surface area contributed by atoms with E-state index in [1.54, 1.807) is 12.1 Å². The molecule has 2 N–H and O–H groups in total. The summed E-state index contributed by atoms with van der Waals surface area (Å²) in [7, 11) is 1.40. The SMILES string of the molecule is COc1cc(CNC(=O)CCCC/C=C/C(C)C)ccc1OC(=O)OCC(=O)O. The first kappa shape index (κ1) is 24.0. The number of hydrogen-bond acceptors (Lipinski definition) is 6. The van der Waals surface area contributed by atoms with Crippen molar-refractivity contribution >= 4 is 18.0 Å². The number of ether oxygens (including phenoxy) is 3. The number of allylic oxidation sites excluding steroid dienone is 2. The Hall–Kier alpha value is -3.03. The molecule has 1 rings (SSSR count). The van der Waals surface area contributed by atoms with E-state index < -0.39 is 18.7 Å². The molecular formula is C21H29NO7. The molecule has 1 aromatic rings. The lowest BCUT2D eigenvalue weighted by Crippen LogP contribution is -2.22. The average molecular weight is 407 g/mol. The van der Waals surface area contributed by atoms with Crippen molar-refractivity contribution in [3.63, 3.8) is 0 Å². The van der Waals surface area contributed by atoms with Gasteiger partial charge in [-0.25, -0.2) is 9.59 Å². The molecule has 0 unspecified atom stereocenters. The van der Waals surface area contributed by atoms with Crippen molar-refractivity contribution in [1.82, 2.24) is 5.32 Å². The minimum atomic E-state index is -1.29. The molecule has 0 atom stereocenters. The minimum absolute atomic E-state index is 0.0330. The minimum Gasteiger partial charge on any atom is -0.493 e. The Balaban J connectivity index is 2.43. The summed E-state index contributed by atoms with van der Waals surface area (Å²) in [6.45, 7) is 3.77. The summed E-state index contributed by atoms with van der Waals surface area (Å²) >= 11 is 0. The van der Waals surface area contributed by atoms with E-state index in [9.17, 15) is 14.4 Å². The van der Waals surface area contributed by atoms with Crippen LogP contribution in [0, 0.1) is 5.92 Å². The topological polar surface area (TPSA) is 111 Å². The van der Waals surface area contributed by atoms with Crippen LogP contribution >= 0.6 is 0 Å². The van der Waals surface area contributed by atoms with E-state index in [0.717, 1.165) is 24.8 Å². The zero-order valence-corrected chi connectivity index (χ0v) is 17.1. The van der Waals surface area contributed by atoms with E-state index in [1.165, 1.54) is 13.2 Å². The number of carboxylic acids is 1. The van der Waals surface area contributed by atoms with Crippen LogP contribution in [0.25, 0.3) is 0 Å². The molecule has 0 saturated heterocycles. The van der Waals surface area contributed by atoms with Crippen molar-refractivity contribution in [2.75, 3.05) is 13.7 Å². The summed E-state index contributed by atoms with van der Waals surface area (Å²) in [4.78, 5) is 33.8. The molecular weight excluding hydrogens is 378 g/mol. The molecule has 1 amide bonds. The highest BCUT2D eigenvalue weighted by atomic mass is 16.7. The second-order valence-electron chi connectivity index (χ2n) is 6.71. The molecule has 1 aromatic carbocycles. The van der Waals surface area contributed by atoms with Crippen LogP contribution < -0.4 is 14.8 Å². The highest BCUT2D eigenvalue weighted by Crippen LogP contribution is 2.28. The summed E-state index contributed by atoms with van der Waals surface area (Å²) in [6.07, 6.45) is 6.39. The number of methoxy groups -OCH3 is 1. The first-order valence-corrected chi connectivity index (χ1v) is 9.48. The van der Waals surface area contributed by atoms with Gasteiger partial charge in [-0.1, -0.05) is 32.1 Å². The van der Waals surface area contributed by atoms with Crippen LogP contribution in [0.3, 0.4) is 0 Å². The zero-order valence-electron chi connectivity index (χ0n) is 17.1. The largest absolute Gasteiger partial charge is 0.514 e. The molecule has 0 aliphatic carbocycles. The highest BCUT2D eigenvalue weighted by Gasteiger charge is 2.13. The Kier molecular flexibility index (Phi) is 10.9. The fourth-order valence-corrected chi connectivity index (χ4v) is 2.35. The molecule has 0 heterocycles. The molecule has 160 valence electrons. The standard InChI is InChI=1S/C21H29NO7/c1-15(2)8-6-4-5-7-9-19(23)22-13-16-10-11-17(18(12-16)27-3)29-21(26)28-14-20(24)25/h6,8,10-12,15H,4-5,7,9,13-14H2,1-3H3,(H,22,23)(H,24,25)/b8-6+. The van der Waals surface area contributed by atoms with Gasteiger partial charge in [0, 0.05) is 13.0 Å². The molecule has 8 heteroatoms. The third-order valence-corrected chi connectivity index (χ3v) is 3.77. The van der Waals surface area contributed by atoms with Crippen LogP contribution in [0.1, 0.15) is 45.1 Å². The van der Waals surface area contributed by atoms with Gasteiger partial charge in [0.05, 0.1) is 7.11 Å². The monoisotopic (exact) mass is 407 g/mol. The van der Waals surface area contributed by atoms with Crippen LogP contribution in [0.2, 0.25) is 0 Å². The van der Waals surface area contributed by atoms with Gasteiger partial charge in [0.15, 0.2) is 18.1 Å². The molecule has 8 nitrogen and oxygen atoms in total. The number of rotatable bonds is 12. The predicted octanol–water partition coefficient (Wildman–Crippen LogP) is 3.68. The van der Waals surface area contributed by atoms with E-state index in [0.29, 0.717) is 18.9 Å². The lowest BCUT2D eigenvalue weighted by atomic mass is 10.1. The lowest BCUT2D eigenvalue weighted by molar-refractivity contribution is -0.140. The number of unbranched alkanes of at least 4 members (excludes halogenated alkanes) is 2. The van der Waals surface area contributed by atoms with E-state index in [2.05, 4.69) is 36.1 Å². The molecule has 0 aliphatic heterocycles. The van der Waals surface area contributed by atoms with Gasteiger partial charge in [-0.2, -0.15) is 0 Å². The number of carbonyl (C=O) groups excluding carboxylic acids is 2. The number of hydrogen-bond donors (Lipinski definition) is 2. The van der Waals surface area contributed by atoms with Crippen LogP contribution in [0.5, 0.6) is 11.5 Å².